The zero-order valence-corrected chi connectivity index (χ0v) is 18.5. The van der Waals surface area contributed by atoms with Gasteiger partial charge in [0, 0.05) is 31.6 Å². The van der Waals surface area contributed by atoms with Gasteiger partial charge in [0.05, 0.1) is 0 Å². The predicted molar refractivity (Wildman–Crippen MR) is 115 cm³/mol. The van der Waals surface area contributed by atoms with Crippen molar-refractivity contribution < 1.29 is 4.79 Å². The van der Waals surface area contributed by atoms with Gasteiger partial charge in [-0.1, -0.05) is 53.2 Å². The van der Waals surface area contributed by atoms with E-state index < -0.39 is 0 Å². The number of ketones is 1. The smallest absolute Gasteiger partial charge is 0.139 e. The van der Waals surface area contributed by atoms with Crippen LogP contribution in [0.25, 0.3) is 0 Å². The van der Waals surface area contributed by atoms with Gasteiger partial charge in [0.15, 0.2) is 0 Å². The van der Waals surface area contributed by atoms with Crippen LogP contribution in [0.15, 0.2) is 24.3 Å². The first-order chi connectivity index (χ1) is 12.6. The van der Waals surface area contributed by atoms with Crippen LogP contribution < -0.4 is 4.90 Å². The van der Waals surface area contributed by atoms with E-state index in [0.29, 0.717) is 34.9 Å². The molecule has 0 heterocycles. The molecule has 2 fully saturated rings. The fourth-order valence-electron chi connectivity index (χ4n) is 6.82. The monoisotopic (exact) mass is 369 g/mol. The van der Waals surface area contributed by atoms with Gasteiger partial charge in [-0.2, -0.15) is 0 Å². The zero-order valence-electron chi connectivity index (χ0n) is 18.5. The zero-order chi connectivity index (χ0) is 20.0. The number of benzene rings is 1. The number of carbonyl (C=O) groups excluding carboxylic acids is 1. The highest BCUT2D eigenvalue weighted by Gasteiger charge is 2.57. The Labute approximate surface area is 166 Å². The first-order valence-electron chi connectivity index (χ1n) is 10.9. The molecule has 1 aromatic rings. The summed E-state index contributed by atoms with van der Waals surface area (Å²) in [5.41, 5.74) is 2.85. The van der Waals surface area contributed by atoms with E-state index >= 15 is 0 Å². The summed E-state index contributed by atoms with van der Waals surface area (Å²) in [7, 11) is 4.18. The fraction of sp³-hybridized carbons (Fsp3) is 0.720. The lowest BCUT2D eigenvalue weighted by Gasteiger charge is -2.54. The van der Waals surface area contributed by atoms with Crippen molar-refractivity contribution in [3.63, 3.8) is 0 Å². The van der Waals surface area contributed by atoms with Gasteiger partial charge in [-0.15, -0.1) is 0 Å². The maximum Gasteiger partial charge on any atom is 0.139 e. The summed E-state index contributed by atoms with van der Waals surface area (Å²) in [5, 5.41) is 0. The summed E-state index contributed by atoms with van der Waals surface area (Å²) in [6, 6.07) is 9.14. The van der Waals surface area contributed by atoms with Crippen LogP contribution in [0.5, 0.6) is 0 Å². The van der Waals surface area contributed by atoms with Crippen LogP contribution in [0, 0.1) is 28.6 Å². The van der Waals surface area contributed by atoms with Gasteiger partial charge in [0.25, 0.3) is 0 Å². The molecular weight excluding hydrogens is 330 g/mol. The lowest BCUT2D eigenvalue weighted by atomic mass is 9.50. The van der Waals surface area contributed by atoms with Gasteiger partial charge < -0.3 is 4.90 Å². The van der Waals surface area contributed by atoms with Gasteiger partial charge in [-0.25, -0.2) is 0 Å². The molecule has 0 radical (unpaired) electrons. The van der Waals surface area contributed by atoms with Crippen molar-refractivity contribution in [2.75, 3.05) is 19.0 Å². The van der Waals surface area contributed by atoms with Crippen LogP contribution in [-0.2, 0) is 4.79 Å². The van der Waals surface area contributed by atoms with Crippen molar-refractivity contribution in [1.82, 2.24) is 0 Å². The predicted octanol–water partition coefficient (Wildman–Crippen LogP) is 6.30. The molecule has 0 N–H and O–H groups in total. The topological polar surface area (TPSA) is 20.3 Å². The minimum absolute atomic E-state index is 0.122. The third kappa shape index (κ3) is 3.45. The molecule has 0 aromatic heterocycles. The van der Waals surface area contributed by atoms with Gasteiger partial charge in [-0.3, -0.25) is 4.79 Å². The van der Waals surface area contributed by atoms with Gasteiger partial charge in [0.2, 0.25) is 0 Å². The standard InChI is InChI=1S/C25H39NO/c1-8-15-24(3,4)23-17(2)21-13-14-22(27)25(21,5)16-20(23)18-9-11-19(12-10-18)26(6)7/h9-12,17,20-21,23H,8,13-16H2,1-7H3/t17-,20+,21-,23+,25-/m0/s1. The van der Waals surface area contributed by atoms with E-state index in [9.17, 15) is 4.79 Å². The van der Waals surface area contributed by atoms with Crippen molar-refractivity contribution >= 4 is 11.5 Å². The van der Waals surface area contributed by atoms with Crippen molar-refractivity contribution in [1.29, 1.82) is 0 Å². The van der Waals surface area contributed by atoms with Crippen LogP contribution in [-0.4, -0.2) is 19.9 Å². The molecule has 1 aromatic carbocycles. The molecule has 0 bridgehead atoms. The first kappa shape index (κ1) is 20.4. The fourth-order valence-corrected chi connectivity index (χ4v) is 6.82. The van der Waals surface area contributed by atoms with E-state index in [1.54, 1.807) is 0 Å². The quantitative estimate of drug-likeness (QED) is 0.606. The van der Waals surface area contributed by atoms with Crippen molar-refractivity contribution in [2.45, 2.75) is 72.6 Å². The lowest BCUT2D eigenvalue weighted by molar-refractivity contribution is -0.132. The van der Waals surface area contributed by atoms with E-state index in [1.807, 2.05) is 0 Å². The summed E-state index contributed by atoms with van der Waals surface area (Å²) in [4.78, 5) is 15.0. The molecule has 3 rings (SSSR count). The van der Waals surface area contributed by atoms with Crippen LogP contribution in [0.3, 0.4) is 0 Å². The Morgan fingerprint density at radius 1 is 1.19 bits per heavy atom. The summed E-state index contributed by atoms with van der Waals surface area (Å²) >= 11 is 0. The van der Waals surface area contributed by atoms with E-state index in [2.05, 4.69) is 77.9 Å². The van der Waals surface area contributed by atoms with E-state index in [1.165, 1.54) is 24.1 Å². The van der Waals surface area contributed by atoms with Gasteiger partial charge >= 0.3 is 0 Å². The number of anilines is 1. The molecule has 0 amide bonds. The molecule has 2 heteroatoms. The molecule has 0 spiro atoms. The number of Topliss-reactive ketones (excluding diaryl/α,β-unsaturated/α-hetero) is 1. The second-order valence-corrected chi connectivity index (χ2v) is 10.4. The summed E-state index contributed by atoms with van der Waals surface area (Å²) < 4.78 is 0. The van der Waals surface area contributed by atoms with Gasteiger partial charge in [0.1, 0.15) is 5.78 Å². The lowest BCUT2D eigenvalue weighted by Crippen LogP contribution is -2.48. The first-order valence-corrected chi connectivity index (χ1v) is 10.9. The Kier molecular flexibility index (Phi) is 5.49. The van der Waals surface area contributed by atoms with E-state index in [0.717, 1.165) is 19.3 Å². The molecular formula is C25H39NO. The van der Waals surface area contributed by atoms with Crippen LogP contribution in [0.1, 0.15) is 78.2 Å². The summed E-state index contributed by atoms with van der Waals surface area (Å²) in [5.74, 6) is 2.77. The minimum atomic E-state index is -0.122. The molecule has 27 heavy (non-hydrogen) atoms. The van der Waals surface area contributed by atoms with Crippen molar-refractivity contribution in [3.8, 4) is 0 Å². The van der Waals surface area contributed by atoms with Crippen LogP contribution in [0.4, 0.5) is 5.69 Å². The van der Waals surface area contributed by atoms with E-state index in [4.69, 9.17) is 0 Å². The Hall–Kier alpha value is -1.31. The Bertz CT molecular complexity index is 674. The normalized spacial score (nSPS) is 33.8. The average molecular weight is 370 g/mol. The summed E-state index contributed by atoms with van der Waals surface area (Å²) in [6.45, 7) is 12.0. The number of nitrogens with zero attached hydrogens (tertiary/aromatic N) is 1. The molecule has 150 valence electrons. The molecule has 0 unspecified atom stereocenters. The molecule has 2 nitrogen and oxygen atoms in total. The molecule has 2 aliphatic carbocycles. The number of fused-ring (bicyclic) bond motifs is 1. The Morgan fingerprint density at radius 3 is 2.37 bits per heavy atom. The maximum atomic E-state index is 12.9. The Balaban J connectivity index is 2.04. The van der Waals surface area contributed by atoms with Crippen molar-refractivity contribution in [2.24, 2.45) is 28.6 Å². The summed E-state index contributed by atoms with van der Waals surface area (Å²) in [6.07, 6.45) is 5.40. The minimum Gasteiger partial charge on any atom is -0.378 e. The van der Waals surface area contributed by atoms with Gasteiger partial charge in [-0.05, 0) is 66.0 Å². The molecule has 2 saturated carbocycles. The highest BCUT2D eigenvalue weighted by Crippen LogP contribution is 2.62. The molecule has 2 aliphatic rings. The number of rotatable bonds is 5. The highest BCUT2D eigenvalue weighted by molar-refractivity contribution is 5.87. The second-order valence-electron chi connectivity index (χ2n) is 10.4. The maximum absolute atomic E-state index is 12.9. The van der Waals surface area contributed by atoms with Crippen LogP contribution in [0.2, 0.25) is 0 Å². The second kappa shape index (κ2) is 7.26. The molecule has 5 atom stereocenters. The third-order valence-corrected chi connectivity index (χ3v) is 8.05. The Morgan fingerprint density at radius 2 is 1.81 bits per heavy atom. The van der Waals surface area contributed by atoms with E-state index in [-0.39, 0.29) is 5.41 Å². The largest absolute Gasteiger partial charge is 0.378 e. The number of hydrogen-bond acceptors (Lipinski definition) is 2. The highest BCUT2D eigenvalue weighted by atomic mass is 16.1. The molecule has 0 saturated heterocycles. The van der Waals surface area contributed by atoms with Crippen molar-refractivity contribution in [3.05, 3.63) is 29.8 Å². The third-order valence-electron chi connectivity index (χ3n) is 8.05. The van der Waals surface area contributed by atoms with Crippen LogP contribution >= 0.6 is 0 Å². The number of carbonyl (C=O) groups is 1. The number of hydrogen-bond donors (Lipinski definition) is 0. The average Bonchev–Trinajstić information content (AvgIpc) is 2.90. The SMILES string of the molecule is CCCC(C)(C)[C@@H]1[C@@H](C)[C@@H]2CCC(=O)[C@@]2(C)C[C@@H]1c1ccc(N(C)C)cc1. The molecule has 0 aliphatic heterocycles.